The predicted octanol–water partition coefficient (Wildman–Crippen LogP) is 1.57. The van der Waals surface area contributed by atoms with Crippen LogP contribution in [0.5, 0.6) is 0 Å². The van der Waals surface area contributed by atoms with E-state index < -0.39 is 9.84 Å². The SMILES string of the molecule is CCCNCCCC(C)N1CCSCC1S(C)(=O)=O. The highest BCUT2D eigenvalue weighted by molar-refractivity contribution is 8.00. The molecule has 0 aromatic heterocycles. The van der Waals surface area contributed by atoms with Crippen molar-refractivity contribution in [3.8, 4) is 0 Å². The number of nitrogens with zero attached hydrogens (tertiary/aromatic N) is 1. The molecule has 0 aliphatic carbocycles. The Kier molecular flexibility index (Phi) is 7.72. The lowest BCUT2D eigenvalue weighted by Gasteiger charge is -2.38. The third-order valence-electron chi connectivity index (χ3n) is 3.59. The van der Waals surface area contributed by atoms with Crippen LogP contribution in [0.1, 0.15) is 33.1 Å². The van der Waals surface area contributed by atoms with Crippen LogP contribution in [-0.2, 0) is 9.84 Å². The van der Waals surface area contributed by atoms with Crippen molar-refractivity contribution in [1.29, 1.82) is 0 Å². The third-order valence-corrected chi connectivity index (χ3v) is 6.25. The van der Waals surface area contributed by atoms with Gasteiger partial charge in [0, 0.05) is 30.3 Å². The fraction of sp³-hybridized carbons (Fsp3) is 1.00. The molecular formula is C13H28N2O2S2. The second kappa shape index (κ2) is 8.49. The van der Waals surface area contributed by atoms with Gasteiger partial charge >= 0.3 is 0 Å². The summed E-state index contributed by atoms with van der Waals surface area (Å²) in [6.45, 7) is 7.32. The lowest BCUT2D eigenvalue weighted by atomic mass is 10.1. The average molecular weight is 309 g/mol. The Labute approximate surface area is 122 Å². The summed E-state index contributed by atoms with van der Waals surface area (Å²) in [5, 5.41) is 3.11. The lowest BCUT2D eigenvalue weighted by Crippen LogP contribution is -2.51. The minimum Gasteiger partial charge on any atom is -0.317 e. The van der Waals surface area contributed by atoms with E-state index in [1.54, 1.807) is 11.8 Å². The highest BCUT2D eigenvalue weighted by Crippen LogP contribution is 2.23. The van der Waals surface area contributed by atoms with E-state index in [1.165, 1.54) is 6.26 Å². The summed E-state index contributed by atoms with van der Waals surface area (Å²) in [6.07, 6.45) is 4.70. The van der Waals surface area contributed by atoms with E-state index in [4.69, 9.17) is 0 Å². The second-order valence-electron chi connectivity index (χ2n) is 5.34. The molecule has 19 heavy (non-hydrogen) atoms. The number of sulfone groups is 1. The van der Waals surface area contributed by atoms with Crippen molar-refractivity contribution in [3.63, 3.8) is 0 Å². The predicted molar refractivity (Wildman–Crippen MR) is 84.5 cm³/mol. The summed E-state index contributed by atoms with van der Waals surface area (Å²) in [7, 11) is -2.97. The van der Waals surface area contributed by atoms with Gasteiger partial charge in [-0.3, -0.25) is 4.90 Å². The molecule has 1 N–H and O–H groups in total. The Bertz CT molecular complexity index is 347. The van der Waals surface area contributed by atoms with E-state index in [9.17, 15) is 8.42 Å². The summed E-state index contributed by atoms with van der Waals surface area (Å²) in [4.78, 5) is 2.19. The summed E-state index contributed by atoms with van der Waals surface area (Å²) in [5.74, 6) is 1.77. The number of hydrogen-bond donors (Lipinski definition) is 1. The maximum Gasteiger partial charge on any atom is 0.164 e. The minimum absolute atomic E-state index is 0.287. The standard InChI is InChI=1S/C13H28N2O2S2/c1-4-7-14-8-5-6-12(2)15-9-10-18-11-13(15)19(3,16)17/h12-14H,4-11H2,1-3H3. The summed E-state index contributed by atoms with van der Waals surface area (Å²) < 4.78 is 23.7. The molecule has 1 rings (SSSR count). The van der Waals surface area contributed by atoms with Gasteiger partial charge in [0.2, 0.25) is 0 Å². The molecule has 1 heterocycles. The zero-order chi connectivity index (χ0) is 14.3. The van der Waals surface area contributed by atoms with E-state index in [0.29, 0.717) is 6.04 Å². The largest absolute Gasteiger partial charge is 0.317 e. The molecule has 1 saturated heterocycles. The van der Waals surface area contributed by atoms with Gasteiger partial charge in [-0.05, 0) is 39.3 Å². The van der Waals surface area contributed by atoms with Gasteiger partial charge in [0.15, 0.2) is 9.84 Å². The second-order valence-corrected chi connectivity index (χ2v) is 8.69. The van der Waals surface area contributed by atoms with Gasteiger partial charge in [0.25, 0.3) is 0 Å². The van der Waals surface area contributed by atoms with E-state index >= 15 is 0 Å². The normalized spacial score (nSPS) is 23.4. The van der Waals surface area contributed by atoms with Gasteiger partial charge in [0.1, 0.15) is 5.37 Å². The van der Waals surface area contributed by atoms with Crippen LogP contribution >= 0.6 is 11.8 Å². The van der Waals surface area contributed by atoms with Crippen molar-refractivity contribution in [2.75, 3.05) is 37.4 Å². The van der Waals surface area contributed by atoms with Crippen LogP contribution in [0.25, 0.3) is 0 Å². The van der Waals surface area contributed by atoms with Crippen LogP contribution < -0.4 is 5.32 Å². The third kappa shape index (κ3) is 6.02. The van der Waals surface area contributed by atoms with Crippen LogP contribution in [0, 0.1) is 0 Å². The van der Waals surface area contributed by atoms with Crippen LogP contribution in [0.2, 0.25) is 0 Å². The number of rotatable bonds is 8. The fourth-order valence-corrected chi connectivity index (χ4v) is 5.44. The van der Waals surface area contributed by atoms with Crippen LogP contribution in [0.3, 0.4) is 0 Å². The van der Waals surface area contributed by atoms with Crippen LogP contribution in [0.15, 0.2) is 0 Å². The Morgan fingerprint density at radius 3 is 2.79 bits per heavy atom. The maximum atomic E-state index is 11.8. The van der Waals surface area contributed by atoms with Crippen molar-refractivity contribution in [3.05, 3.63) is 0 Å². The molecule has 1 fully saturated rings. The van der Waals surface area contributed by atoms with Crippen molar-refractivity contribution in [1.82, 2.24) is 10.2 Å². The summed E-state index contributed by atoms with van der Waals surface area (Å²) in [5.41, 5.74) is 0. The molecule has 0 aromatic rings. The number of thioether (sulfide) groups is 1. The van der Waals surface area contributed by atoms with Gasteiger partial charge in [0.05, 0.1) is 0 Å². The van der Waals surface area contributed by atoms with Crippen molar-refractivity contribution in [2.24, 2.45) is 0 Å². The Hall–Kier alpha value is 0.220. The molecule has 0 saturated carbocycles. The molecule has 2 unspecified atom stereocenters. The molecule has 6 heteroatoms. The molecule has 1 aliphatic rings. The highest BCUT2D eigenvalue weighted by Gasteiger charge is 2.33. The highest BCUT2D eigenvalue weighted by atomic mass is 32.2. The van der Waals surface area contributed by atoms with Gasteiger partial charge in [-0.15, -0.1) is 0 Å². The van der Waals surface area contributed by atoms with Crippen molar-refractivity contribution in [2.45, 2.75) is 44.5 Å². The summed E-state index contributed by atoms with van der Waals surface area (Å²) >= 11 is 1.75. The summed E-state index contributed by atoms with van der Waals surface area (Å²) in [6, 6.07) is 0.351. The first kappa shape index (κ1) is 17.3. The van der Waals surface area contributed by atoms with E-state index in [-0.39, 0.29) is 5.37 Å². The van der Waals surface area contributed by atoms with Gasteiger partial charge in [-0.1, -0.05) is 6.92 Å². The van der Waals surface area contributed by atoms with Crippen molar-refractivity contribution < 1.29 is 8.42 Å². The molecule has 4 nitrogen and oxygen atoms in total. The molecule has 0 aromatic carbocycles. The lowest BCUT2D eigenvalue weighted by molar-refractivity contribution is 0.193. The molecule has 0 spiro atoms. The topological polar surface area (TPSA) is 49.4 Å². The van der Waals surface area contributed by atoms with Gasteiger partial charge in [-0.25, -0.2) is 8.42 Å². The van der Waals surface area contributed by atoms with Gasteiger partial charge < -0.3 is 5.32 Å². The Balaban J connectivity index is 2.42. The first-order chi connectivity index (χ1) is 8.96. The molecule has 114 valence electrons. The molecule has 2 atom stereocenters. The first-order valence-electron chi connectivity index (χ1n) is 7.20. The van der Waals surface area contributed by atoms with E-state index in [2.05, 4.69) is 24.1 Å². The Morgan fingerprint density at radius 2 is 2.16 bits per heavy atom. The quantitative estimate of drug-likeness (QED) is 0.690. The molecule has 0 amide bonds. The number of hydrogen-bond acceptors (Lipinski definition) is 5. The van der Waals surface area contributed by atoms with Crippen molar-refractivity contribution >= 4 is 21.6 Å². The molecule has 1 aliphatic heterocycles. The zero-order valence-electron chi connectivity index (χ0n) is 12.4. The van der Waals surface area contributed by atoms with Gasteiger partial charge in [-0.2, -0.15) is 11.8 Å². The maximum absolute atomic E-state index is 11.8. The molecular weight excluding hydrogens is 280 g/mol. The monoisotopic (exact) mass is 308 g/mol. The van der Waals surface area contributed by atoms with Crippen LogP contribution in [0.4, 0.5) is 0 Å². The van der Waals surface area contributed by atoms with E-state index in [0.717, 1.165) is 50.4 Å². The minimum atomic E-state index is -2.97. The number of nitrogens with one attached hydrogen (secondary N) is 1. The fourth-order valence-electron chi connectivity index (χ4n) is 2.46. The van der Waals surface area contributed by atoms with Crippen LogP contribution in [-0.4, -0.2) is 62.1 Å². The zero-order valence-corrected chi connectivity index (χ0v) is 14.0. The van der Waals surface area contributed by atoms with E-state index in [1.807, 2.05) is 0 Å². The smallest absolute Gasteiger partial charge is 0.164 e. The molecule has 0 radical (unpaired) electrons. The first-order valence-corrected chi connectivity index (χ1v) is 10.3. The Morgan fingerprint density at radius 1 is 1.42 bits per heavy atom. The molecule has 0 bridgehead atoms. The average Bonchev–Trinajstić information content (AvgIpc) is 2.37.